The number of rotatable bonds is 5. The highest BCUT2D eigenvalue weighted by Crippen LogP contribution is 2.31. The first-order valence-corrected chi connectivity index (χ1v) is 12.2. The molecule has 2 heterocycles. The zero-order valence-electron chi connectivity index (χ0n) is 19.9. The van der Waals surface area contributed by atoms with Gasteiger partial charge in [0.1, 0.15) is 17.1 Å². The summed E-state index contributed by atoms with van der Waals surface area (Å²) in [5.41, 5.74) is 0.837. The quantitative estimate of drug-likeness (QED) is 0.706. The average molecular weight is 455 g/mol. The van der Waals surface area contributed by atoms with Crippen LogP contribution in [0.3, 0.4) is 0 Å². The molecule has 6 nitrogen and oxygen atoms in total. The van der Waals surface area contributed by atoms with Crippen molar-refractivity contribution in [3.8, 4) is 0 Å². The maximum absolute atomic E-state index is 13.9. The Bertz CT molecular complexity index is 1010. The van der Waals surface area contributed by atoms with Gasteiger partial charge < -0.3 is 10.2 Å². The molecule has 0 saturated heterocycles. The Labute approximate surface area is 195 Å². The minimum atomic E-state index is -1.13. The summed E-state index contributed by atoms with van der Waals surface area (Å²) < 4.78 is 15.6. The summed E-state index contributed by atoms with van der Waals surface area (Å²) in [6.45, 7) is 6.30. The molecule has 1 saturated carbocycles. The molecule has 2 aliphatic rings. The van der Waals surface area contributed by atoms with Crippen molar-refractivity contribution in [2.24, 2.45) is 0 Å². The maximum Gasteiger partial charge on any atom is 0.273 e. The number of aromatic nitrogens is 2. The first kappa shape index (κ1) is 23.5. The molecule has 1 aliphatic carbocycles. The SMILES string of the molecule is CC(C)c1cc2n(n1)C[C@](C)(C(=O)NC1CCCCCCC1)N(Cc1cccc(F)c1)C2=O. The van der Waals surface area contributed by atoms with Crippen LogP contribution in [0.1, 0.15) is 93.4 Å². The van der Waals surface area contributed by atoms with E-state index in [2.05, 4.69) is 10.4 Å². The van der Waals surface area contributed by atoms with Gasteiger partial charge in [0.2, 0.25) is 5.91 Å². The van der Waals surface area contributed by atoms with Gasteiger partial charge in [0, 0.05) is 12.6 Å². The lowest BCUT2D eigenvalue weighted by Gasteiger charge is -2.44. The van der Waals surface area contributed by atoms with Crippen molar-refractivity contribution in [3.63, 3.8) is 0 Å². The molecule has 0 spiro atoms. The zero-order valence-corrected chi connectivity index (χ0v) is 19.9. The van der Waals surface area contributed by atoms with Gasteiger partial charge in [0.05, 0.1) is 12.2 Å². The second kappa shape index (κ2) is 9.65. The second-order valence-electron chi connectivity index (χ2n) is 10.1. The molecule has 4 rings (SSSR count). The molecule has 1 N–H and O–H groups in total. The van der Waals surface area contributed by atoms with Gasteiger partial charge >= 0.3 is 0 Å². The summed E-state index contributed by atoms with van der Waals surface area (Å²) >= 11 is 0. The number of nitrogens with one attached hydrogen (secondary N) is 1. The first-order valence-electron chi connectivity index (χ1n) is 12.2. The van der Waals surface area contributed by atoms with Crippen molar-refractivity contribution < 1.29 is 14.0 Å². The van der Waals surface area contributed by atoms with Crippen molar-refractivity contribution in [1.82, 2.24) is 20.0 Å². The molecular formula is C26H35FN4O2. The molecule has 2 amide bonds. The van der Waals surface area contributed by atoms with Gasteiger partial charge in [0.15, 0.2) is 0 Å². The second-order valence-corrected chi connectivity index (χ2v) is 10.1. The van der Waals surface area contributed by atoms with Gasteiger partial charge in [-0.3, -0.25) is 14.3 Å². The molecule has 2 aromatic rings. The third kappa shape index (κ3) is 4.97. The van der Waals surface area contributed by atoms with E-state index in [0.29, 0.717) is 11.3 Å². The number of hydrogen-bond donors (Lipinski definition) is 1. The van der Waals surface area contributed by atoms with Crippen LogP contribution in [-0.4, -0.2) is 38.1 Å². The third-order valence-electron chi connectivity index (χ3n) is 7.07. The number of benzene rings is 1. The summed E-state index contributed by atoms with van der Waals surface area (Å²) in [5.74, 6) is -0.599. The summed E-state index contributed by atoms with van der Waals surface area (Å²) in [4.78, 5) is 29.0. The van der Waals surface area contributed by atoms with E-state index in [9.17, 15) is 14.0 Å². The van der Waals surface area contributed by atoms with E-state index in [1.807, 2.05) is 26.8 Å². The maximum atomic E-state index is 13.9. The number of carbonyl (C=O) groups excluding carboxylic acids is 2. The van der Waals surface area contributed by atoms with E-state index in [4.69, 9.17) is 0 Å². The van der Waals surface area contributed by atoms with Crippen LogP contribution in [0.15, 0.2) is 30.3 Å². The molecule has 1 aromatic heterocycles. The van der Waals surface area contributed by atoms with E-state index in [1.165, 1.54) is 31.4 Å². The predicted molar refractivity (Wildman–Crippen MR) is 125 cm³/mol. The van der Waals surface area contributed by atoms with Crippen molar-refractivity contribution >= 4 is 11.8 Å². The van der Waals surface area contributed by atoms with Crippen LogP contribution in [0.5, 0.6) is 0 Å². The molecule has 1 atom stereocenters. The molecule has 1 aromatic carbocycles. The minimum Gasteiger partial charge on any atom is -0.351 e. The van der Waals surface area contributed by atoms with Gasteiger partial charge in [-0.1, -0.05) is 58.1 Å². The number of carbonyl (C=O) groups is 2. The van der Waals surface area contributed by atoms with Gasteiger partial charge in [-0.2, -0.15) is 5.10 Å². The number of hydrogen-bond acceptors (Lipinski definition) is 3. The number of halogens is 1. The fourth-order valence-corrected chi connectivity index (χ4v) is 4.95. The van der Waals surface area contributed by atoms with Crippen molar-refractivity contribution in [3.05, 3.63) is 53.1 Å². The van der Waals surface area contributed by atoms with Gasteiger partial charge in [-0.05, 0) is 49.4 Å². The van der Waals surface area contributed by atoms with Crippen molar-refractivity contribution in [2.45, 2.75) is 96.3 Å². The van der Waals surface area contributed by atoms with Crippen molar-refractivity contribution in [2.75, 3.05) is 0 Å². The zero-order chi connectivity index (χ0) is 23.6. The van der Waals surface area contributed by atoms with Crippen LogP contribution in [0.2, 0.25) is 0 Å². The van der Waals surface area contributed by atoms with Gasteiger partial charge in [0.25, 0.3) is 5.91 Å². The predicted octanol–water partition coefficient (Wildman–Crippen LogP) is 4.79. The van der Waals surface area contributed by atoms with E-state index >= 15 is 0 Å². The number of nitrogens with zero attached hydrogens (tertiary/aromatic N) is 3. The Morgan fingerprint density at radius 2 is 1.88 bits per heavy atom. The summed E-state index contributed by atoms with van der Waals surface area (Å²) in [6.07, 6.45) is 7.79. The summed E-state index contributed by atoms with van der Waals surface area (Å²) in [5, 5.41) is 7.89. The third-order valence-corrected chi connectivity index (χ3v) is 7.07. The van der Waals surface area contributed by atoms with E-state index in [-0.39, 0.29) is 42.7 Å². The lowest BCUT2D eigenvalue weighted by atomic mass is 9.91. The Morgan fingerprint density at radius 3 is 2.55 bits per heavy atom. The molecule has 33 heavy (non-hydrogen) atoms. The van der Waals surface area contributed by atoms with Gasteiger partial charge in [-0.25, -0.2) is 4.39 Å². The largest absolute Gasteiger partial charge is 0.351 e. The molecule has 0 bridgehead atoms. The first-order chi connectivity index (χ1) is 15.8. The molecule has 0 unspecified atom stereocenters. The van der Waals surface area contributed by atoms with Crippen LogP contribution in [0.25, 0.3) is 0 Å². The van der Waals surface area contributed by atoms with Gasteiger partial charge in [-0.15, -0.1) is 0 Å². The smallest absolute Gasteiger partial charge is 0.273 e. The Morgan fingerprint density at radius 1 is 1.18 bits per heavy atom. The Kier molecular flexibility index (Phi) is 6.86. The van der Waals surface area contributed by atoms with E-state index < -0.39 is 5.54 Å². The fourth-order valence-electron chi connectivity index (χ4n) is 4.95. The average Bonchev–Trinajstić information content (AvgIpc) is 3.17. The fraction of sp³-hybridized carbons (Fsp3) is 0.577. The monoisotopic (exact) mass is 454 g/mol. The molecule has 0 radical (unpaired) electrons. The molecule has 1 fully saturated rings. The lowest BCUT2D eigenvalue weighted by molar-refractivity contribution is -0.134. The van der Waals surface area contributed by atoms with Crippen LogP contribution in [-0.2, 0) is 17.9 Å². The molecule has 178 valence electrons. The van der Waals surface area contributed by atoms with E-state index in [1.54, 1.807) is 21.7 Å². The minimum absolute atomic E-state index is 0.117. The van der Waals surface area contributed by atoms with E-state index in [0.717, 1.165) is 31.4 Å². The van der Waals surface area contributed by atoms with Crippen LogP contribution >= 0.6 is 0 Å². The highest BCUT2D eigenvalue weighted by molar-refractivity contribution is 5.99. The lowest BCUT2D eigenvalue weighted by Crippen LogP contribution is -2.64. The molecule has 7 heteroatoms. The summed E-state index contributed by atoms with van der Waals surface area (Å²) in [7, 11) is 0. The summed E-state index contributed by atoms with van der Waals surface area (Å²) in [6, 6.07) is 8.16. The highest BCUT2D eigenvalue weighted by atomic mass is 19.1. The molecular weight excluding hydrogens is 419 g/mol. The Hall–Kier alpha value is -2.70. The number of amides is 2. The van der Waals surface area contributed by atoms with Crippen molar-refractivity contribution in [1.29, 1.82) is 0 Å². The Balaban J connectivity index is 1.66. The topological polar surface area (TPSA) is 67.2 Å². The molecule has 1 aliphatic heterocycles. The van der Waals surface area contributed by atoms with Crippen LogP contribution in [0, 0.1) is 5.82 Å². The van der Waals surface area contributed by atoms with Crippen LogP contribution < -0.4 is 5.32 Å². The normalized spacial score (nSPS) is 22.1. The standard InChI is InChI=1S/C26H35FN4O2/c1-18(2)22-15-23-24(32)30(16-19-10-9-11-20(27)14-19)26(3,17-31(23)29-22)25(33)28-21-12-7-5-4-6-8-13-21/h9-11,14-15,18,21H,4-8,12-13,16-17H2,1-3H3,(H,28,33)/t26-/m1/s1. The number of fused-ring (bicyclic) bond motifs is 1. The van der Waals surface area contributed by atoms with Crippen LogP contribution in [0.4, 0.5) is 4.39 Å². The highest BCUT2D eigenvalue weighted by Gasteiger charge is 2.48.